The minimum Gasteiger partial charge on any atom is -0.465 e. The molecule has 0 radical (unpaired) electrons. The zero-order chi connectivity index (χ0) is 23.2. The number of nitrogens with one attached hydrogen (secondary N) is 2. The van der Waals surface area contributed by atoms with Crippen LogP contribution in [0, 0.1) is 6.92 Å². The van der Waals surface area contributed by atoms with E-state index in [1.54, 1.807) is 6.20 Å². The van der Waals surface area contributed by atoms with Crippen molar-refractivity contribution < 1.29 is 9.53 Å². The van der Waals surface area contributed by atoms with Gasteiger partial charge in [0.05, 0.1) is 31.1 Å². The summed E-state index contributed by atoms with van der Waals surface area (Å²) < 4.78 is 6.80. The summed E-state index contributed by atoms with van der Waals surface area (Å²) in [4.78, 5) is 13.3. The molecule has 168 valence electrons. The number of hydrogen-bond donors (Lipinski definition) is 2. The number of carbonyl (C=O) groups excluding carboxylic acids is 1. The number of hydrogen-bond acceptors (Lipinski definition) is 5. The van der Waals surface area contributed by atoms with Crippen LogP contribution < -0.4 is 10.6 Å². The van der Waals surface area contributed by atoms with Gasteiger partial charge >= 0.3 is 5.97 Å². The van der Waals surface area contributed by atoms with Gasteiger partial charge in [-0.3, -0.25) is 4.68 Å². The number of thiocarbonyl (C=S) groups is 1. The summed E-state index contributed by atoms with van der Waals surface area (Å²) in [6, 6.07) is 20.3. The van der Waals surface area contributed by atoms with Crippen molar-refractivity contribution in [3.8, 4) is 0 Å². The number of benzene rings is 2. The van der Waals surface area contributed by atoms with E-state index in [-0.39, 0.29) is 0 Å². The van der Waals surface area contributed by atoms with Gasteiger partial charge in [0.15, 0.2) is 5.11 Å². The zero-order valence-electron chi connectivity index (χ0n) is 18.4. The van der Waals surface area contributed by atoms with Crippen molar-refractivity contribution in [2.75, 3.05) is 17.7 Å². The van der Waals surface area contributed by atoms with Crippen LogP contribution >= 0.6 is 23.6 Å². The average molecular weight is 477 g/mol. The van der Waals surface area contributed by atoms with E-state index in [0.717, 1.165) is 17.0 Å². The van der Waals surface area contributed by atoms with E-state index in [4.69, 9.17) is 17.0 Å². The smallest absolute Gasteiger partial charge is 0.340 e. The Kier molecular flexibility index (Phi) is 7.16. The molecule has 0 atom stereocenters. The molecule has 0 unspecified atom stereocenters. The van der Waals surface area contributed by atoms with Crippen LogP contribution in [0.1, 0.15) is 31.9 Å². The van der Waals surface area contributed by atoms with Crippen molar-refractivity contribution in [2.45, 2.75) is 19.9 Å². The molecule has 4 rings (SSSR count). The molecule has 4 aromatic rings. The third kappa shape index (κ3) is 6.06. The highest BCUT2D eigenvalue weighted by atomic mass is 32.1. The topological polar surface area (TPSA) is 68.2 Å². The lowest BCUT2D eigenvalue weighted by molar-refractivity contribution is 0.0602. The van der Waals surface area contributed by atoms with Crippen LogP contribution in [-0.2, 0) is 17.7 Å². The molecule has 2 aromatic carbocycles. The summed E-state index contributed by atoms with van der Waals surface area (Å²) in [7, 11) is 1.37. The second-order valence-corrected chi connectivity index (χ2v) is 9.15. The van der Waals surface area contributed by atoms with Gasteiger partial charge in [0.2, 0.25) is 0 Å². The van der Waals surface area contributed by atoms with Crippen LogP contribution in [0.4, 0.5) is 10.7 Å². The Morgan fingerprint density at radius 3 is 2.58 bits per heavy atom. The second-order valence-electron chi connectivity index (χ2n) is 7.60. The maximum Gasteiger partial charge on any atom is 0.340 e. The number of anilines is 2. The number of methoxy groups -OCH3 is 1. The maximum atomic E-state index is 12.3. The average Bonchev–Trinajstić information content (AvgIpc) is 3.42. The lowest BCUT2D eigenvalue weighted by Crippen LogP contribution is -2.19. The molecule has 0 saturated heterocycles. The molecule has 0 bridgehead atoms. The molecule has 0 spiro atoms. The third-order valence-electron chi connectivity index (χ3n) is 4.99. The normalized spacial score (nSPS) is 10.6. The minimum absolute atomic E-state index is 0.378. The van der Waals surface area contributed by atoms with Crippen molar-refractivity contribution in [3.05, 3.63) is 100 Å². The molecule has 0 aliphatic rings. The molecule has 2 aromatic heterocycles. The highest BCUT2D eigenvalue weighted by molar-refractivity contribution is 7.80. The molecule has 33 heavy (non-hydrogen) atoms. The van der Waals surface area contributed by atoms with Gasteiger partial charge in [-0.05, 0) is 36.3 Å². The largest absolute Gasteiger partial charge is 0.465 e. The molecular formula is C25H24N4O2S2. The van der Waals surface area contributed by atoms with Gasteiger partial charge < -0.3 is 15.4 Å². The number of nitrogens with zero attached hydrogens (tertiary/aromatic N) is 2. The first-order chi connectivity index (χ1) is 16.0. The second kappa shape index (κ2) is 10.4. The van der Waals surface area contributed by atoms with Crippen molar-refractivity contribution >= 4 is 45.3 Å². The minimum atomic E-state index is -0.401. The highest BCUT2D eigenvalue weighted by Crippen LogP contribution is 2.30. The molecular weight excluding hydrogens is 452 g/mol. The molecule has 8 heteroatoms. The SMILES string of the molecule is COC(=O)c1cc(Cc2ccccc2)sc1NC(=S)Nc1cnn(Cc2ccc(C)cc2)c1. The fourth-order valence-electron chi connectivity index (χ4n) is 3.34. The molecule has 0 aliphatic carbocycles. The summed E-state index contributed by atoms with van der Waals surface area (Å²) in [5, 5.41) is 11.7. The van der Waals surface area contributed by atoms with E-state index < -0.39 is 5.97 Å². The number of carbonyl (C=O) groups is 1. The standard InChI is InChI=1S/C25H24N4O2S2/c1-17-8-10-19(11-9-17)15-29-16-20(14-26-29)27-25(32)28-23-22(24(30)31-2)13-21(33-23)12-18-6-4-3-5-7-18/h3-11,13-14,16H,12,15H2,1-2H3,(H2,27,28,32). The van der Waals surface area contributed by atoms with Crippen molar-refractivity contribution in [3.63, 3.8) is 0 Å². The first kappa shape index (κ1) is 22.7. The fourth-order valence-corrected chi connectivity index (χ4v) is 4.71. The van der Waals surface area contributed by atoms with Crippen LogP contribution in [0.5, 0.6) is 0 Å². The van der Waals surface area contributed by atoms with Gasteiger partial charge in [-0.25, -0.2) is 4.79 Å². The number of ether oxygens (including phenoxy) is 1. The quantitative estimate of drug-likeness (QED) is 0.272. The monoisotopic (exact) mass is 476 g/mol. The Morgan fingerprint density at radius 2 is 1.85 bits per heavy atom. The zero-order valence-corrected chi connectivity index (χ0v) is 20.0. The van der Waals surface area contributed by atoms with Crippen molar-refractivity contribution in [2.24, 2.45) is 0 Å². The first-order valence-electron chi connectivity index (χ1n) is 10.4. The summed E-state index contributed by atoms with van der Waals surface area (Å²) in [6.07, 6.45) is 4.34. The summed E-state index contributed by atoms with van der Waals surface area (Å²) in [5.41, 5.74) is 4.80. The van der Waals surface area contributed by atoms with Crippen LogP contribution in [0.3, 0.4) is 0 Å². The van der Waals surface area contributed by atoms with Crippen molar-refractivity contribution in [1.82, 2.24) is 9.78 Å². The van der Waals surface area contributed by atoms with Gasteiger partial charge in [-0.15, -0.1) is 11.3 Å². The Labute approximate surface area is 202 Å². The maximum absolute atomic E-state index is 12.3. The van der Waals surface area contributed by atoms with E-state index in [1.807, 2.05) is 35.1 Å². The van der Waals surface area contributed by atoms with E-state index in [9.17, 15) is 4.79 Å². The molecule has 0 amide bonds. The van der Waals surface area contributed by atoms with Crippen LogP contribution in [0.25, 0.3) is 0 Å². The molecule has 2 heterocycles. The number of esters is 1. The fraction of sp³-hybridized carbons (Fsp3) is 0.160. The number of thiophene rings is 1. The van der Waals surface area contributed by atoms with Gasteiger partial charge in [-0.2, -0.15) is 5.10 Å². The van der Waals surface area contributed by atoms with Crippen LogP contribution in [-0.4, -0.2) is 28.0 Å². The summed E-state index contributed by atoms with van der Waals surface area (Å²) in [5.74, 6) is -0.401. The lowest BCUT2D eigenvalue weighted by Gasteiger charge is -2.08. The number of aryl methyl sites for hydroxylation is 1. The Hall–Kier alpha value is -3.49. The third-order valence-corrected chi connectivity index (χ3v) is 6.25. The van der Waals surface area contributed by atoms with Gasteiger partial charge in [0.25, 0.3) is 0 Å². The van der Waals surface area contributed by atoms with E-state index in [0.29, 0.717) is 22.2 Å². The van der Waals surface area contributed by atoms with Gasteiger partial charge in [0, 0.05) is 17.5 Å². The summed E-state index contributed by atoms with van der Waals surface area (Å²) in [6.45, 7) is 2.74. The Bertz CT molecular complexity index is 1250. The molecule has 0 fully saturated rings. The molecule has 6 nitrogen and oxygen atoms in total. The van der Waals surface area contributed by atoms with Crippen molar-refractivity contribution in [1.29, 1.82) is 0 Å². The number of aromatic nitrogens is 2. The van der Waals surface area contributed by atoms with Gasteiger partial charge in [-0.1, -0.05) is 60.2 Å². The predicted octanol–water partition coefficient (Wildman–Crippen LogP) is 5.49. The molecule has 0 aliphatic heterocycles. The van der Waals surface area contributed by atoms with E-state index in [1.165, 1.54) is 35.1 Å². The van der Waals surface area contributed by atoms with E-state index >= 15 is 0 Å². The molecule has 2 N–H and O–H groups in total. The highest BCUT2D eigenvalue weighted by Gasteiger charge is 2.18. The Morgan fingerprint density at radius 1 is 1.09 bits per heavy atom. The van der Waals surface area contributed by atoms with Gasteiger partial charge in [0.1, 0.15) is 5.00 Å². The summed E-state index contributed by atoms with van der Waals surface area (Å²) >= 11 is 6.97. The van der Waals surface area contributed by atoms with Crippen LogP contribution in [0.2, 0.25) is 0 Å². The Balaban J connectivity index is 1.42. The predicted molar refractivity (Wildman–Crippen MR) is 137 cm³/mol. The number of rotatable bonds is 7. The first-order valence-corrected chi connectivity index (χ1v) is 11.6. The van der Waals surface area contributed by atoms with Crippen LogP contribution in [0.15, 0.2) is 73.1 Å². The van der Waals surface area contributed by atoms with E-state index in [2.05, 4.69) is 59.1 Å². The lowest BCUT2D eigenvalue weighted by atomic mass is 10.1. The molecule has 0 saturated carbocycles.